The first-order valence-electron chi connectivity index (χ1n) is 4.22. The number of aliphatic hydroxyl groups excluding tert-OH is 1. The highest BCUT2D eigenvalue weighted by Gasteiger charge is 2.48. The maximum atomic E-state index is 9.73. The van der Waals surface area contributed by atoms with Gasteiger partial charge in [-0.25, -0.2) is 0 Å². The van der Waals surface area contributed by atoms with E-state index < -0.39 is 6.10 Å². The number of methoxy groups -OCH3 is 1. The average Bonchev–Trinajstić information content (AvgIpc) is 2.49. The van der Waals surface area contributed by atoms with Gasteiger partial charge in [-0.2, -0.15) is 0 Å². The fourth-order valence-electron chi connectivity index (χ4n) is 1.86. The topological polar surface area (TPSA) is 47.9 Å². The summed E-state index contributed by atoms with van der Waals surface area (Å²) in [6, 6.07) is 0. The predicted molar refractivity (Wildman–Crippen MR) is 40.6 cm³/mol. The third-order valence-corrected chi connectivity index (χ3v) is 2.68. The van der Waals surface area contributed by atoms with Gasteiger partial charge in [0.05, 0.1) is 12.7 Å². The van der Waals surface area contributed by atoms with E-state index in [1.54, 1.807) is 7.11 Å². The first-order chi connectivity index (χ1) is 5.74. The van der Waals surface area contributed by atoms with Crippen molar-refractivity contribution in [3.63, 3.8) is 0 Å². The average molecular weight is 174 g/mol. The molecule has 4 heteroatoms. The van der Waals surface area contributed by atoms with Crippen LogP contribution in [0.2, 0.25) is 0 Å². The molecule has 2 bridgehead atoms. The Morgan fingerprint density at radius 2 is 2.25 bits per heavy atom. The Kier molecular flexibility index (Phi) is 2.08. The molecular weight excluding hydrogens is 160 g/mol. The summed E-state index contributed by atoms with van der Waals surface area (Å²) < 4.78 is 16.0. The molecule has 0 aromatic carbocycles. The van der Waals surface area contributed by atoms with Crippen LogP contribution < -0.4 is 0 Å². The van der Waals surface area contributed by atoms with E-state index in [1.165, 1.54) is 0 Å². The summed E-state index contributed by atoms with van der Waals surface area (Å²) in [5, 5.41) is 9.73. The highest BCUT2D eigenvalue weighted by Crippen LogP contribution is 2.33. The lowest BCUT2D eigenvalue weighted by Gasteiger charge is -2.35. The van der Waals surface area contributed by atoms with Crippen molar-refractivity contribution in [3.8, 4) is 0 Å². The predicted octanol–water partition coefficient (Wildman–Crippen LogP) is -0.247. The number of hydrogen-bond acceptors (Lipinski definition) is 4. The van der Waals surface area contributed by atoms with Crippen molar-refractivity contribution in [2.75, 3.05) is 13.7 Å². The third kappa shape index (κ3) is 1.07. The third-order valence-electron chi connectivity index (χ3n) is 2.68. The molecule has 0 radical (unpaired) electrons. The number of rotatable bonds is 1. The van der Waals surface area contributed by atoms with Gasteiger partial charge in [0.15, 0.2) is 6.29 Å². The summed E-state index contributed by atoms with van der Waals surface area (Å²) in [6.45, 7) is 2.44. The summed E-state index contributed by atoms with van der Waals surface area (Å²) >= 11 is 0. The van der Waals surface area contributed by atoms with Gasteiger partial charge < -0.3 is 19.3 Å². The SMILES string of the molecule is COC1[C@@H]2CO[C@H](O2)[C@@H](C)[C@H]1O. The molecule has 5 atom stereocenters. The van der Waals surface area contributed by atoms with Gasteiger partial charge in [-0.05, 0) is 0 Å². The molecule has 0 aromatic rings. The first-order valence-corrected chi connectivity index (χ1v) is 4.22. The summed E-state index contributed by atoms with van der Waals surface area (Å²) in [5.74, 6) is -0.00583. The van der Waals surface area contributed by atoms with Crippen molar-refractivity contribution in [1.82, 2.24) is 0 Å². The Balaban J connectivity index is 2.14. The van der Waals surface area contributed by atoms with Crippen LogP contribution in [-0.2, 0) is 14.2 Å². The number of fused-ring (bicyclic) bond motifs is 2. The van der Waals surface area contributed by atoms with Gasteiger partial charge in [0, 0.05) is 13.0 Å². The van der Waals surface area contributed by atoms with E-state index >= 15 is 0 Å². The van der Waals surface area contributed by atoms with E-state index in [9.17, 15) is 5.11 Å². The van der Waals surface area contributed by atoms with Crippen LogP contribution in [0.1, 0.15) is 6.92 Å². The van der Waals surface area contributed by atoms with Crippen LogP contribution in [0, 0.1) is 5.92 Å². The summed E-state index contributed by atoms with van der Waals surface area (Å²) in [5.41, 5.74) is 0. The highest BCUT2D eigenvalue weighted by atomic mass is 16.7. The molecule has 2 aliphatic rings. The van der Waals surface area contributed by atoms with Crippen LogP contribution in [0.4, 0.5) is 0 Å². The van der Waals surface area contributed by atoms with Crippen molar-refractivity contribution in [2.24, 2.45) is 5.92 Å². The highest BCUT2D eigenvalue weighted by molar-refractivity contribution is 4.91. The molecule has 2 aliphatic heterocycles. The second-order valence-corrected chi connectivity index (χ2v) is 3.43. The number of aliphatic hydroxyl groups is 1. The molecular formula is C8H14O4. The lowest BCUT2D eigenvalue weighted by molar-refractivity contribution is -0.205. The van der Waals surface area contributed by atoms with Crippen LogP contribution in [0.25, 0.3) is 0 Å². The minimum atomic E-state index is -0.471. The smallest absolute Gasteiger partial charge is 0.163 e. The Labute approximate surface area is 71.4 Å². The second-order valence-electron chi connectivity index (χ2n) is 3.43. The summed E-state index contributed by atoms with van der Waals surface area (Å²) in [4.78, 5) is 0. The molecule has 0 saturated carbocycles. The van der Waals surface area contributed by atoms with Gasteiger partial charge in [0.2, 0.25) is 0 Å². The molecule has 4 nitrogen and oxygen atoms in total. The van der Waals surface area contributed by atoms with Crippen molar-refractivity contribution in [2.45, 2.75) is 31.5 Å². The standard InChI is InChI=1S/C8H14O4/c1-4-6(9)7(10-2)5-3-11-8(4)12-5/h4-9H,3H2,1-2H3/t4-,5-,6+,7?,8+/m0/s1. The summed E-state index contributed by atoms with van der Waals surface area (Å²) in [7, 11) is 1.59. The van der Waals surface area contributed by atoms with Crippen LogP contribution in [0.5, 0.6) is 0 Å². The maximum absolute atomic E-state index is 9.73. The van der Waals surface area contributed by atoms with E-state index in [2.05, 4.69) is 0 Å². The van der Waals surface area contributed by atoms with E-state index in [1.807, 2.05) is 6.92 Å². The minimum absolute atomic E-state index is 0.00583. The molecule has 1 N–H and O–H groups in total. The van der Waals surface area contributed by atoms with Crippen LogP contribution in [0.15, 0.2) is 0 Å². The van der Waals surface area contributed by atoms with Crippen molar-refractivity contribution in [3.05, 3.63) is 0 Å². The Morgan fingerprint density at radius 1 is 1.50 bits per heavy atom. The molecule has 0 amide bonds. The molecule has 12 heavy (non-hydrogen) atoms. The van der Waals surface area contributed by atoms with Gasteiger partial charge in [0.25, 0.3) is 0 Å². The summed E-state index contributed by atoms with van der Waals surface area (Å²) in [6.07, 6.45) is -1.04. The minimum Gasteiger partial charge on any atom is -0.390 e. The largest absolute Gasteiger partial charge is 0.390 e. The van der Waals surface area contributed by atoms with Gasteiger partial charge in [-0.15, -0.1) is 0 Å². The zero-order valence-electron chi connectivity index (χ0n) is 7.27. The first kappa shape index (κ1) is 8.44. The van der Waals surface area contributed by atoms with E-state index in [4.69, 9.17) is 14.2 Å². The van der Waals surface area contributed by atoms with E-state index in [-0.39, 0.29) is 24.4 Å². The van der Waals surface area contributed by atoms with Gasteiger partial charge in [0.1, 0.15) is 12.2 Å². The van der Waals surface area contributed by atoms with E-state index in [0.717, 1.165) is 0 Å². The van der Waals surface area contributed by atoms with Crippen molar-refractivity contribution >= 4 is 0 Å². The quantitative estimate of drug-likeness (QED) is 0.595. The van der Waals surface area contributed by atoms with E-state index in [0.29, 0.717) is 6.61 Å². The molecule has 0 aliphatic carbocycles. The normalized spacial score (nSPS) is 52.8. The van der Waals surface area contributed by atoms with Gasteiger partial charge in [-0.3, -0.25) is 0 Å². The molecule has 2 rings (SSSR count). The number of ether oxygens (including phenoxy) is 3. The maximum Gasteiger partial charge on any atom is 0.163 e. The fourth-order valence-corrected chi connectivity index (χ4v) is 1.86. The van der Waals surface area contributed by atoms with Crippen molar-refractivity contribution in [1.29, 1.82) is 0 Å². The van der Waals surface area contributed by atoms with Crippen LogP contribution in [0.3, 0.4) is 0 Å². The van der Waals surface area contributed by atoms with Crippen LogP contribution in [-0.4, -0.2) is 43.4 Å². The molecule has 0 aromatic heterocycles. The Morgan fingerprint density at radius 3 is 2.92 bits per heavy atom. The fraction of sp³-hybridized carbons (Fsp3) is 1.00. The zero-order valence-corrected chi connectivity index (χ0v) is 7.27. The lowest BCUT2D eigenvalue weighted by atomic mass is 9.94. The number of hydrogen-bond donors (Lipinski definition) is 1. The zero-order chi connectivity index (χ0) is 8.72. The molecule has 70 valence electrons. The van der Waals surface area contributed by atoms with Crippen molar-refractivity contribution < 1.29 is 19.3 Å². The molecule has 2 fully saturated rings. The molecule has 0 spiro atoms. The molecule has 1 unspecified atom stereocenters. The Bertz CT molecular complexity index is 172. The van der Waals surface area contributed by atoms with Gasteiger partial charge >= 0.3 is 0 Å². The van der Waals surface area contributed by atoms with Crippen LogP contribution >= 0.6 is 0 Å². The monoisotopic (exact) mass is 174 g/mol. The molecule has 2 saturated heterocycles. The Hall–Kier alpha value is -0.160. The lowest BCUT2D eigenvalue weighted by Crippen LogP contribution is -2.50. The molecule has 2 heterocycles. The second kappa shape index (κ2) is 2.96. The van der Waals surface area contributed by atoms with Gasteiger partial charge in [-0.1, -0.05) is 6.92 Å².